The summed E-state index contributed by atoms with van der Waals surface area (Å²) in [5.74, 6) is 0.700. The van der Waals surface area contributed by atoms with Gasteiger partial charge in [0, 0.05) is 7.11 Å². The highest BCUT2D eigenvalue weighted by molar-refractivity contribution is 4.78. The van der Waals surface area contributed by atoms with Crippen LogP contribution in [0.25, 0.3) is 0 Å². The molecule has 3 heteroatoms. The standard InChI is InChI=1S/C12H27NO2/c1-11(2)6-4-7-12(14,10-15-3)8-5-9-13/h11,14H,4-10,13H2,1-3H3. The van der Waals surface area contributed by atoms with Gasteiger partial charge in [-0.3, -0.25) is 0 Å². The molecule has 0 aliphatic heterocycles. The fourth-order valence-electron chi connectivity index (χ4n) is 1.81. The molecule has 0 spiro atoms. The van der Waals surface area contributed by atoms with E-state index in [1.807, 2.05) is 0 Å². The molecule has 0 bridgehead atoms. The van der Waals surface area contributed by atoms with Crippen LogP contribution in [0.15, 0.2) is 0 Å². The van der Waals surface area contributed by atoms with Gasteiger partial charge >= 0.3 is 0 Å². The zero-order valence-electron chi connectivity index (χ0n) is 10.5. The highest BCUT2D eigenvalue weighted by Gasteiger charge is 2.25. The van der Waals surface area contributed by atoms with E-state index in [0.29, 0.717) is 19.1 Å². The molecule has 0 rings (SSSR count). The monoisotopic (exact) mass is 217 g/mol. The van der Waals surface area contributed by atoms with Crippen LogP contribution in [-0.2, 0) is 4.74 Å². The molecule has 3 N–H and O–H groups in total. The second kappa shape index (κ2) is 8.08. The molecule has 0 aromatic carbocycles. The van der Waals surface area contributed by atoms with Crippen molar-refractivity contribution in [1.82, 2.24) is 0 Å². The van der Waals surface area contributed by atoms with Crippen LogP contribution >= 0.6 is 0 Å². The summed E-state index contributed by atoms with van der Waals surface area (Å²) in [4.78, 5) is 0. The van der Waals surface area contributed by atoms with Crippen LogP contribution < -0.4 is 5.73 Å². The van der Waals surface area contributed by atoms with Gasteiger partial charge in [-0.2, -0.15) is 0 Å². The minimum atomic E-state index is -0.664. The van der Waals surface area contributed by atoms with Gasteiger partial charge in [-0.25, -0.2) is 0 Å². The van der Waals surface area contributed by atoms with Crippen molar-refractivity contribution < 1.29 is 9.84 Å². The molecule has 0 aromatic heterocycles. The molecule has 1 unspecified atom stereocenters. The van der Waals surface area contributed by atoms with Crippen LogP contribution in [-0.4, -0.2) is 31.0 Å². The molecule has 0 heterocycles. The van der Waals surface area contributed by atoms with E-state index in [4.69, 9.17) is 10.5 Å². The highest BCUT2D eigenvalue weighted by atomic mass is 16.5. The lowest BCUT2D eigenvalue weighted by atomic mass is 9.90. The van der Waals surface area contributed by atoms with Gasteiger partial charge in [-0.05, 0) is 31.7 Å². The molecule has 92 valence electrons. The van der Waals surface area contributed by atoms with E-state index in [1.54, 1.807) is 7.11 Å². The number of ether oxygens (including phenoxy) is 1. The van der Waals surface area contributed by atoms with Crippen molar-refractivity contribution >= 4 is 0 Å². The fraction of sp³-hybridized carbons (Fsp3) is 1.00. The van der Waals surface area contributed by atoms with E-state index in [1.165, 1.54) is 0 Å². The van der Waals surface area contributed by atoms with Crippen LogP contribution in [0.3, 0.4) is 0 Å². The number of nitrogens with two attached hydrogens (primary N) is 1. The molecule has 0 saturated carbocycles. The Kier molecular flexibility index (Phi) is 8.02. The summed E-state index contributed by atoms with van der Waals surface area (Å²) < 4.78 is 5.07. The molecule has 1 atom stereocenters. The van der Waals surface area contributed by atoms with Gasteiger partial charge in [0.25, 0.3) is 0 Å². The molecule has 3 nitrogen and oxygen atoms in total. The normalized spacial score (nSPS) is 15.6. The predicted octanol–water partition coefficient (Wildman–Crippen LogP) is 1.93. The first-order valence-corrected chi connectivity index (χ1v) is 5.95. The summed E-state index contributed by atoms with van der Waals surface area (Å²) in [6.45, 7) is 5.46. The number of rotatable bonds is 9. The zero-order chi connectivity index (χ0) is 11.7. The maximum Gasteiger partial charge on any atom is 0.0880 e. The van der Waals surface area contributed by atoms with Gasteiger partial charge in [0.05, 0.1) is 12.2 Å². The molecule has 0 fully saturated rings. The molecule has 0 saturated heterocycles. The quantitative estimate of drug-likeness (QED) is 0.620. The molecular weight excluding hydrogens is 190 g/mol. The van der Waals surface area contributed by atoms with Gasteiger partial charge < -0.3 is 15.6 Å². The van der Waals surface area contributed by atoms with E-state index in [-0.39, 0.29) is 0 Å². The Morgan fingerprint density at radius 1 is 1.27 bits per heavy atom. The van der Waals surface area contributed by atoms with Crippen molar-refractivity contribution in [2.45, 2.75) is 51.6 Å². The van der Waals surface area contributed by atoms with Crippen molar-refractivity contribution in [2.24, 2.45) is 11.7 Å². The zero-order valence-corrected chi connectivity index (χ0v) is 10.5. The van der Waals surface area contributed by atoms with E-state index in [2.05, 4.69) is 13.8 Å². The van der Waals surface area contributed by atoms with E-state index < -0.39 is 5.60 Å². The first kappa shape index (κ1) is 14.9. The third-order valence-corrected chi connectivity index (χ3v) is 2.68. The Morgan fingerprint density at radius 2 is 1.87 bits per heavy atom. The van der Waals surface area contributed by atoms with Gasteiger partial charge in [0.15, 0.2) is 0 Å². The van der Waals surface area contributed by atoms with Crippen molar-refractivity contribution in [3.8, 4) is 0 Å². The van der Waals surface area contributed by atoms with Crippen molar-refractivity contribution in [1.29, 1.82) is 0 Å². The molecule has 0 amide bonds. The lowest BCUT2D eigenvalue weighted by Gasteiger charge is -2.27. The van der Waals surface area contributed by atoms with Crippen LogP contribution in [0.2, 0.25) is 0 Å². The van der Waals surface area contributed by atoms with Crippen LogP contribution in [0.1, 0.15) is 46.0 Å². The molecule has 0 aliphatic rings. The van der Waals surface area contributed by atoms with Crippen molar-refractivity contribution in [2.75, 3.05) is 20.3 Å². The predicted molar refractivity (Wildman–Crippen MR) is 63.8 cm³/mol. The maximum atomic E-state index is 10.3. The van der Waals surface area contributed by atoms with Crippen molar-refractivity contribution in [3.05, 3.63) is 0 Å². The van der Waals surface area contributed by atoms with E-state index in [0.717, 1.165) is 32.1 Å². The minimum Gasteiger partial charge on any atom is -0.387 e. The topological polar surface area (TPSA) is 55.5 Å². The molecule has 0 aliphatic carbocycles. The van der Waals surface area contributed by atoms with Crippen LogP contribution in [0, 0.1) is 5.92 Å². The Balaban J connectivity index is 3.89. The Bertz CT molecular complexity index is 151. The van der Waals surface area contributed by atoms with Gasteiger partial charge in [-0.15, -0.1) is 0 Å². The van der Waals surface area contributed by atoms with Crippen LogP contribution in [0.5, 0.6) is 0 Å². The first-order chi connectivity index (χ1) is 7.04. The summed E-state index contributed by atoms with van der Waals surface area (Å²) in [7, 11) is 1.63. The minimum absolute atomic E-state index is 0.422. The summed E-state index contributed by atoms with van der Waals surface area (Å²) in [5.41, 5.74) is 4.79. The largest absolute Gasteiger partial charge is 0.387 e. The molecule has 0 aromatic rings. The summed E-state index contributed by atoms with van der Waals surface area (Å²) in [6.07, 6.45) is 4.65. The first-order valence-electron chi connectivity index (χ1n) is 5.95. The Hall–Kier alpha value is -0.120. The van der Waals surface area contributed by atoms with Gasteiger partial charge in [0.1, 0.15) is 0 Å². The average Bonchev–Trinajstić information content (AvgIpc) is 2.15. The highest BCUT2D eigenvalue weighted by Crippen LogP contribution is 2.22. The lowest BCUT2D eigenvalue weighted by molar-refractivity contribution is -0.0457. The second-order valence-electron chi connectivity index (χ2n) is 4.84. The number of hydrogen-bond acceptors (Lipinski definition) is 3. The third-order valence-electron chi connectivity index (χ3n) is 2.68. The molecular formula is C12H27NO2. The summed E-state index contributed by atoms with van der Waals surface area (Å²) in [6, 6.07) is 0. The molecule has 0 radical (unpaired) electrons. The summed E-state index contributed by atoms with van der Waals surface area (Å²) >= 11 is 0. The second-order valence-corrected chi connectivity index (χ2v) is 4.84. The SMILES string of the molecule is COCC(O)(CCCN)CCCC(C)C. The van der Waals surface area contributed by atoms with Crippen molar-refractivity contribution in [3.63, 3.8) is 0 Å². The fourth-order valence-corrected chi connectivity index (χ4v) is 1.81. The third kappa shape index (κ3) is 7.77. The lowest BCUT2D eigenvalue weighted by Crippen LogP contribution is -2.34. The number of methoxy groups -OCH3 is 1. The Labute approximate surface area is 94.0 Å². The molecule has 15 heavy (non-hydrogen) atoms. The van der Waals surface area contributed by atoms with Crippen LogP contribution in [0.4, 0.5) is 0 Å². The Morgan fingerprint density at radius 3 is 2.33 bits per heavy atom. The summed E-state index contributed by atoms with van der Waals surface area (Å²) in [5, 5.41) is 10.3. The number of aliphatic hydroxyl groups is 1. The average molecular weight is 217 g/mol. The number of hydrogen-bond donors (Lipinski definition) is 2. The smallest absolute Gasteiger partial charge is 0.0880 e. The van der Waals surface area contributed by atoms with E-state index >= 15 is 0 Å². The maximum absolute atomic E-state index is 10.3. The van der Waals surface area contributed by atoms with Gasteiger partial charge in [-0.1, -0.05) is 26.7 Å². The van der Waals surface area contributed by atoms with Gasteiger partial charge in [0.2, 0.25) is 0 Å². The van der Waals surface area contributed by atoms with E-state index in [9.17, 15) is 5.11 Å².